The lowest BCUT2D eigenvalue weighted by atomic mass is 10.3. The lowest BCUT2D eigenvalue weighted by Crippen LogP contribution is -2.23. The maximum absolute atomic E-state index is 11.8. The maximum Gasteiger partial charge on any atom is 0.254 e. The summed E-state index contributed by atoms with van der Waals surface area (Å²) in [6, 6.07) is 4.08. The number of rotatable bonds is 5. The largest absolute Gasteiger partial charge is 0.467 e. The molecule has 0 spiro atoms. The Morgan fingerprint density at radius 2 is 2.16 bits per heavy atom. The van der Waals surface area contributed by atoms with Crippen LogP contribution in [0.1, 0.15) is 29.0 Å². The molecule has 0 bridgehead atoms. The van der Waals surface area contributed by atoms with Gasteiger partial charge >= 0.3 is 0 Å². The predicted octanol–water partition coefficient (Wildman–Crippen LogP) is 1.57. The predicted molar refractivity (Wildman–Crippen MR) is 68.6 cm³/mol. The summed E-state index contributed by atoms with van der Waals surface area (Å²) in [5.74, 6) is 1.07. The maximum atomic E-state index is 11.8. The van der Waals surface area contributed by atoms with E-state index < -0.39 is 0 Å². The molecule has 19 heavy (non-hydrogen) atoms. The molecular weight excluding hydrogens is 244 g/mol. The molecule has 2 aromatic rings. The fraction of sp³-hybridized carbons (Fsp3) is 0.308. The molecule has 2 aromatic heterocycles. The molecule has 6 nitrogen and oxygen atoms in total. The third-order valence-corrected chi connectivity index (χ3v) is 2.83. The number of nitrogens with one attached hydrogen (secondary N) is 2. The molecular formula is C13H14N4O2. The highest BCUT2D eigenvalue weighted by atomic mass is 16.3. The van der Waals surface area contributed by atoms with Crippen molar-refractivity contribution in [3.05, 3.63) is 42.1 Å². The molecule has 98 valence electrons. The Hall–Kier alpha value is -2.37. The van der Waals surface area contributed by atoms with Gasteiger partial charge in [-0.1, -0.05) is 0 Å². The van der Waals surface area contributed by atoms with Crippen molar-refractivity contribution in [3.8, 4) is 0 Å². The Labute approximate surface area is 110 Å². The van der Waals surface area contributed by atoms with E-state index in [0.717, 1.165) is 12.8 Å². The van der Waals surface area contributed by atoms with Crippen LogP contribution in [0.25, 0.3) is 0 Å². The van der Waals surface area contributed by atoms with Crippen LogP contribution in [0.3, 0.4) is 0 Å². The first-order chi connectivity index (χ1) is 9.31. The van der Waals surface area contributed by atoms with Gasteiger partial charge in [-0.2, -0.15) is 0 Å². The number of hydrogen-bond donors (Lipinski definition) is 2. The Balaban J connectivity index is 1.56. The molecule has 2 heterocycles. The molecule has 1 saturated carbocycles. The Bertz CT molecular complexity index is 547. The van der Waals surface area contributed by atoms with Gasteiger partial charge in [-0.3, -0.25) is 4.79 Å². The summed E-state index contributed by atoms with van der Waals surface area (Å²) in [4.78, 5) is 20.1. The van der Waals surface area contributed by atoms with E-state index in [9.17, 15) is 4.79 Å². The van der Waals surface area contributed by atoms with Crippen LogP contribution < -0.4 is 10.6 Å². The second-order valence-electron chi connectivity index (χ2n) is 4.48. The van der Waals surface area contributed by atoms with E-state index in [1.54, 1.807) is 18.4 Å². The van der Waals surface area contributed by atoms with Crippen molar-refractivity contribution in [2.45, 2.75) is 25.4 Å². The molecule has 6 heteroatoms. The van der Waals surface area contributed by atoms with Crippen LogP contribution in [-0.4, -0.2) is 21.9 Å². The van der Waals surface area contributed by atoms with Gasteiger partial charge in [-0.15, -0.1) is 0 Å². The second kappa shape index (κ2) is 5.09. The lowest BCUT2D eigenvalue weighted by Gasteiger charge is -2.04. The molecule has 1 aliphatic carbocycles. The molecule has 1 amide bonds. The van der Waals surface area contributed by atoms with Gasteiger partial charge in [-0.25, -0.2) is 9.97 Å². The van der Waals surface area contributed by atoms with E-state index in [1.165, 1.54) is 12.4 Å². The van der Waals surface area contributed by atoms with Gasteiger partial charge in [0.2, 0.25) is 5.95 Å². The van der Waals surface area contributed by atoms with Crippen molar-refractivity contribution in [1.82, 2.24) is 15.3 Å². The molecule has 0 aromatic carbocycles. The highest BCUT2D eigenvalue weighted by Crippen LogP contribution is 2.22. The average molecular weight is 258 g/mol. The zero-order valence-corrected chi connectivity index (χ0v) is 10.3. The fourth-order valence-corrected chi connectivity index (χ4v) is 1.61. The standard InChI is InChI=1S/C13H14N4O2/c18-12(14-8-11-2-1-5-19-11)9-6-15-13(16-7-9)17-10-3-4-10/h1-2,5-7,10H,3-4,8H2,(H,14,18)(H,15,16,17). The number of anilines is 1. The summed E-state index contributed by atoms with van der Waals surface area (Å²) < 4.78 is 5.13. The van der Waals surface area contributed by atoms with Crippen LogP contribution >= 0.6 is 0 Å². The molecule has 0 saturated heterocycles. The Kier molecular flexibility index (Phi) is 3.14. The summed E-state index contributed by atoms with van der Waals surface area (Å²) in [7, 11) is 0. The number of amides is 1. The van der Waals surface area contributed by atoms with Crippen molar-refractivity contribution >= 4 is 11.9 Å². The highest BCUT2D eigenvalue weighted by Gasteiger charge is 2.21. The van der Waals surface area contributed by atoms with Gasteiger partial charge in [0, 0.05) is 18.4 Å². The number of hydrogen-bond acceptors (Lipinski definition) is 5. The SMILES string of the molecule is O=C(NCc1ccco1)c1cnc(NC2CC2)nc1. The second-order valence-corrected chi connectivity index (χ2v) is 4.48. The van der Waals surface area contributed by atoms with E-state index >= 15 is 0 Å². The number of furan rings is 1. The summed E-state index contributed by atoms with van der Waals surface area (Å²) in [6.07, 6.45) is 6.94. The first-order valence-electron chi connectivity index (χ1n) is 6.20. The molecule has 0 atom stereocenters. The van der Waals surface area contributed by atoms with Gasteiger partial charge in [0.25, 0.3) is 5.91 Å². The zero-order valence-electron chi connectivity index (χ0n) is 10.3. The van der Waals surface area contributed by atoms with Gasteiger partial charge in [-0.05, 0) is 25.0 Å². The van der Waals surface area contributed by atoms with Crippen LogP contribution in [0.4, 0.5) is 5.95 Å². The quantitative estimate of drug-likeness (QED) is 0.851. The van der Waals surface area contributed by atoms with Crippen LogP contribution in [0.15, 0.2) is 35.2 Å². The first-order valence-corrected chi connectivity index (χ1v) is 6.20. The molecule has 0 unspecified atom stereocenters. The minimum Gasteiger partial charge on any atom is -0.467 e. The van der Waals surface area contributed by atoms with Crippen LogP contribution in [0.5, 0.6) is 0 Å². The highest BCUT2D eigenvalue weighted by molar-refractivity contribution is 5.93. The third kappa shape index (κ3) is 3.09. The van der Waals surface area contributed by atoms with E-state index in [2.05, 4.69) is 20.6 Å². The van der Waals surface area contributed by atoms with Gasteiger partial charge in [0.15, 0.2) is 0 Å². The fourth-order valence-electron chi connectivity index (χ4n) is 1.61. The Morgan fingerprint density at radius 3 is 2.79 bits per heavy atom. The number of nitrogens with zero attached hydrogens (tertiary/aromatic N) is 2. The monoisotopic (exact) mass is 258 g/mol. The minimum absolute atomic E-state index is 0.214. The van der Waals surface area contributed by atoms with Gasteiger partial charge in [0.1, 0.15) is 5.76 Å². The average Bonchev–Trinajstić information content (AvgIpc) is 3.09. The molecule has 0 aliphatic heterocycles. The number of carbonyl (C=O) groups is 1. The van der Waals surface area contributed by atoms with Crippen molar-refractivity contribution in [1.29, 1.82) is 0 Å². The van der Waals surface area contributed by atoms with Crippen molar-refractivity contribution in [2.75, 3.05) is 5.32 Å². The number of carbonyl (C=O) groups excluding carboxylic acids is 1. The lowest BCUT2D eigenvalue weighted by molar-refractivity contribution is 0.0947. The Morgan fingerprint density at radius 1 is 1.37 bits per heavy atom. The van der Waals surface area contributed by atoms with Gasteiger partial charge < -0.3 is 15.1 Å². The van der Waals surface area contributed by atoms with Crippen LogP contribution in [0, 0.1) is 0 Å². The van der Waals surface area contributed by atoms with E-state index in [4.69, 9.17) is 4.42 Å². The smallest absolute Gasteiger partial charge is 0.254 e. The normalized spacial score (nSPS) is 14.1. The summed E-state index contributed by atoms with van der Waals surface area (Å²) in [5, 5.41) is 5.91. The van der Waals surface area contributed by atoms with Crippen LogP contribution in [-0.2, 0) is 6.54 Å². The van der Waals surface area contributed by atoms with E-state index in [-0.39, 0.29) is 5.91 Å². The topological polar surface area (TPSA) is 80.0 Å². The summed E-state index contributed by atoms with van der Waals surface area (Å²) in [6.45, 7) is 0.355. The van der Waals surface area contributed by atoms with Crippen molar-refractivity contribution in [3.63, 3.8) is 0 Å². The van der Waals surface area contributed by atoms with Crippen LogP contribution in [0.2, 0.25) is 0 Å². The molecule has 1 aliphatic rings. The third-order valence-electron chi connectivity index (χ3n) is 2.83. The van der Waals surface area contributed by atoms with Gasteiger partial charge in [0.05, 0.1) is 18.4 Å². The number of aromatic nitrogens is 2. The summed E-state index contributed by atoms with van der Waals surface area (Å²) >= 11 is 0. The zero-order chi connectivity index (χ0) is 13.1. The van der Waals surface area contributed by atoms with E-state index in [1.807, 2.05) is 0 Å². The molecule has 1 fully saturated rings. The van der Waals surface area contributed by atoms with E-state index in [0.29, 0.717) is 29.9 Å². The van der Waals surface area contributed by atoms with Crippen molar-refractivity contribution < 1.29 is 9.21 Å². The summed E-state index contributed by atoms with van der Waals surface area (Å²) in [5.41, 5.74) is 0.438. The van der Waals surface area contributed by atoms with Crippen molar-refractivity contribution in [2.24, 2.45) is 0 Å². The minimum atomic E-state index is -0.214. The first kappa shape index (κ1) is 11.7. The molecule has 2 N–H and O–H groups in total. The molecule has 0 radical (unpaired) electrons. The molecule has 3 rings (SSSR count).